The molecule has 0 aliphatic rings. The summed E-state index contributed by atoms with van der Waals surface area (Å²) in [6, 6.07) is 8.06. The fraction of sp³-hybridized carbons (Fsp3) is 0.250. The molecule has 0 bridgehead atoms. The molecule has 0 unspecified atom stereocenters. The van der Waals surface area contributed by atoms with E-state index in [2.05, 4.69) is 20.6 Å². The van der Waals surface area contributed by atoms with Gasteiger partial charge in [-0.1, -0.05) is 12.1 Å². The van der Waals surface area contributed by atoms with Crippen LogP contribution in [0.25, 0.3) is 0 Å². The number of hydrogen-bond donors (Lipinski definition) is 2. The molecule has 1 amide bonds. The highest BCUT2D eigenvalue weighted by atomic mass is 16.5. The number of hydrogen-bond acceptors (Lipinski definition) is 7. The number of aromatic nitrogens is 2. The minimum Gasteiger partial charge on any atom is -0.465 e. The van der Waals surface area contributed by atoms with Crippen LogP contribution in [-0.4, -0.2) is 49.2 Å². The smallest absolute Gasteiger partial charge is 0.339 e. The summed E-state index contributed by atoms with van der Waals surface area (Å²) < 4.78 is 9.63. The fourth-order valence-corrected chi connectivity index (χ4v) is 1.90. The Kier molecular flexibility index (Phi) is 6.21. The zero-order valence-electron chi connectivity index (χ0n) is 13.4. The fourth-order valence-electron chi connectivity index (χ4n) is 1.90. The first-order valence-electron chi connectivity index (χ1n) is 7.20. The third-order valence-electron chi connectivity index (χ3n) is 3.06. The van der Waals surface area contributed by atoms with Gasteiger partial charge >= 0.3 is 5.97 Å². The van der Waals surface area contributed by atoms with E-state index in [0.29, 0.717) is 24.8 Å². The van der Waals surface area contributed by atoms with Crippen LogP contribution in [0.2, 0.25) is 0 Å². The van der Waals surface area contributed by atoms with Gasteiger partial charge < -0.3 is 20.1 Å². The van der Waals surface area contributed by atoms with Crippen molar-refractivity contribution >= 4 is 23.5 Å². The van der Waals surface area contributed by atoms with Gasteiger partial charge in [0, 0.05) is 19.9 Å². The lowest BCUT2D eigenvalue weighted by atomic mass is 10.1. The summed E-state index contributed by atoms with van der Waals surface area (Å²) in [6.45, 7) is 1.01. The molecule has 126 valence electrons. The number of nitrogens with zero attached hydrogens (tertiary/aromatic N) is 2. The average Bonchev–Trinajstić information content (AvgIpc) is 2.62. The number of rotatable bonds is 7. The minimum atomic E-state index is -0.532. The van der Waals surface area contributed by atoms with Gasteiger partial charge in [-0.2, -0.15) is 0 Å². The Morgan fingerprint density at radius 3 is 2.71 bits per heavy atom. The Morgan fingerprint density at radius 2 is 1.96 bits per heavy atom. The summed E-state index contributed by atoms with van der Waals surface area (Å²) in [5, 5.41) is 5.60. The summed E-state index contributed by atoms with van der Waals surface area (Å²) in [7, 11) is 2.87. The Labute approximate surface area is 139 Å². The van der Waals surface area contributed by atoms with Crippen LogP contribution in [-0.2, 0) is 9.47 Å². The maximum Gasteiger partial charge on any atom is 0.339 e. The van der Waals surface area contributed by atoms with Gasteiger partial charge in [0.2, 0.25) is 5.95 Å². The second-order valence-corrected chi connectivity index (χ2v) is 4.68. The van der Waals surface area contributed by atoms with E-state index in [1.165, 1.54) is 19.4 Å². The molecule has 0 fully saturated rings. The number of esters is 1. The van der Waals surface area contributed by atoms with E-state index in [9.17, 15) is 9.59 Å². The summed E-state index contributed by atoms with van der Waals surface area (Å²) in [6.07, 6.45) is 1.48. The van der Waals surface area contributed by atoms with Crippen LogP contribution in [0.4, 0.5) is 11.6 Å². The number of amides is 1. The van der Waals surface area contributed by atoms with Crippen LogP contribution in [0.5, 0.6) is 0 Å². The third kappa shape index (κ3) is 4.50. The molecule has 1 aromatic carbocycles. The number of benzene rings is 1. The highest BCUT2D eigenvalue weighted by Gasteiger charge is 2.15. The minimum absolute atomic E-state index is 0.171. The molecule has 0 aliphatic heterocycles. The average molecular weight is 330 g/mol. The number of methoxy groups -OCH3 is 2. The molecule has 1 heterocycles. The molecular weight excluding hydrogens is 312 g/mol. The third-order valence-corrected chi connectivity index (χ3v) is 3.06. The Hall–Kier alpha value is -3.00. The summed E-state index contributed by atoms with van der Waals surface area (Å²) in [5.74, 6) is -0.667. The van der Waals surface area contributed by atoms with Crippen LogP contribution in [0.15, 0.2) is 36.5 Å². The van der Waals surface area contributed by atoms with E-state index in [1.807, 2.05) is 0 Å². The van der Waals surface area contributed by atoms with Crippen molar-refractivity contribution in [2.75, 3.05) is 38.0 Å². The predicted octanol–water partition coefficient (Wildman–Crippen LogP) is 1.57. The topological polar surface area (TPSA) is 102 Å². The zero-order valence-corrected chi connectivity index (χ0v) is 13.4. The van der Waals surface area contributed by atoms with E-state index in [1.54, 1.807) is 31.4 Å². The zero-order chi connectivity index (χ0) is 17.4. The van der Waals surface area contributed by atoms with Gasteiger partial charge in [-0.3, -0.25) is 4.79 Å². The van der Waals surface area contributed by atoms with E-state index < -0.39 is 11.9 Å². The number of anilines is 2. The summed E-state index contributed by atoms with van der Waals surface area (Å²) in [4.78, 5) is 32.2. The number of carbonyl (C=O) groups is 2. The number of nitrogens with one attached hydrogen (secondary N) is 2. The highest BCUT2D eigenvalue weighted by molar-refractivity contribution is 6.07. The lowest BCUT2D eigenvalue weighted by molar-refractivity contribution is 0.0602. The maximum absolute atomic E-state index is 12.4. The summed E-state index contributed by atoms with van der Waals surface area (Å²) >= 11 is 0. The van der Waals surface area contributed by atoms with Gasteiger partial charge in [0.05, 0.1) is 25.0 Å². The first kappa shape index (κ1) is 17.4. The molecule has 1 aromatic heterocycles. The Morgan fingerprint density at radius 1 is 1.17 bits per heavy atom. The standard InChI is InChI=1S/C16H18N4O4/c1-23-10-9-18-16-17-8-7-13(20-16)14(21)19-12-6-4-3-5-11(12)15(22)24-2/h3-8H,9-10H2,1-2H3,(H,19,21)(H,17,18,20). The lowest BCUT2D eigenvalue weighted by Crippen LogP contribution is -2.18. The van der Waals surface area contributed by atoms with E-state index in [-0.39, 0.29) is 11.3 Å². The van der Waals surface area contributed by atoms with Crippen molar-refractivity contribution < 1.29 is 19.1 Å². The molecule has 0 saturated carbocycles. The molecule has 2 rings (SSSR count). The van der Waals surface area contributed by atoms with Gasteiger partial charge in [-0.25, -0.2) is 14.8 Å². The van der Waals surface area contributed by atoms with Crippen molar-refractivity contribution in [3.05, 3.63) is 47.8 Å². The van der Waals surface area contributed by atoms with Crippen LogP contribution in [0, 0.1) is 0 Å². The Balaban J connectivity index is 2.13. The lowest BCUT2D eigenvalue weighted by Gasteiger charge is -2.10. The molecule has 0 aliphatic carbocycles. The van der Waals surface area contributed by atoms with Gasteiger partial charge in [0.15, 0.2) is 0 Å². The maximum atomic E-state index is 12.4. The first-order chi connectivity index (χ1) is 11.7. The number of para-hydroxylation sites is 1. The molecule has 0 radical (unpaired) electrons. The van der Waals surface area contributed by atoms with E-state index in [0.717, 1.165) is 0 Å². The van der Waals surface area contributed by atoms with Gasteiger partial charge in [0.1, 0.15) is 5.69 Å². The van der Waals surface area contributed by atoms with Crippen LogP contribution in [0.3, 0.4) is 0 Å². The monoisotopic (exact) mass is 330 g/mol. The van der Waals surface area contributed by atoms with Crippen molar-refractivity contribution in [1.82, 2.24) is 9.97 Å². The molecular formula is C16H18N4O4. The van der Waals surface area contributed by atoms with Crippen molar-refractivity contribution in [1.29, 1.82) is 0 Å². The molecule has 2 N–H and O–H groups in total. The van der Waals surface area contributed by atoms with Gasteiger partial charge in [-0.05, 0) is 18.2 Å². The molecule has 8 nitrogen and oxygen atoms in total. The van der Waals surface area contributed by atoms with Gasteiger partial charge in [-0.15, -0.1) is 0 Å². The molecule has 0 spiro atoms. The van der Waals surface area contributed by atoms with Crippen molar-refractivity contribution in [3.8, 4) is 0 Å². The quantitative estimate of drug-likeness (QED) is 0.587. The molecule has 2 aromatic rings. The van der Waals surface area contributed by atoms with Gasteiger partial charge in [0.25, 0.3) is 5.91 Å². The van der Waals surface area contributed by atoms with E-state index >= 15 is 0 Å². The number of ether oxygens (including phenoxy) is 2. The SMILES string of the molecule is COCCNc1nccc(C(=O)Nc2ccccc2C(=O)OC)n1. The van der Waals surface area contributed by atoms with Crippen molar-refractivity contribution in [2.24, 2.45) is 0 Å². The first-order valence-corrected chi connectivity index (χ1v) is 7.20. The Bertz CT molecular complexity index is 721. The highest BCUT2D eigenvalue weighted by Crippen LogP contribution is 2.17. The molecule has 8 heteroatoms. The largest absolute Gasteiger partial charge is 0.465 e. The molecule has 0 atom stereocenters. The van der Waals surface area contributed by atoms with Crippen molar-refractivity contribution in [2.45, 2.75) is 0 Å². The molecule has 0 saturated heterocycles. The summed E-state index contributed by atoms with van der Waals surface area (Å²) in [5.41, 5.74) is 0.785. The second-order valence-electron chi connectivity index (χ2n) is 4.68. The van der Waals surface area contributed by atoms with Crippen LogP contribution >= 0.6 is 0 Å². The second kappa shape index (κ2) is 8.59. The predicted molar refractivity (Wildman–Crippen MR) is 88.1 cm³/mol. The number of carbonyl (C=O) groups excluding carboxylic acids is 2. The van der Waals surface area contributed by atoms with E-state index in [4.69, 9.17) is 9.47 Å². The molecule has 24 heavy (non-hydrogen) atoms. The van der Waals surface area contributed by atoms with Crippen LogP contribution in [0.1, 0.15) is 20.8 Å². The normalized spacial score (nSPS) is 10.1. The van der Waals surface area contributed by atoms with Crippen molar-refractivity contribution in [3.63, 3.8) is 0 Å². The van der Waals surface area contributed by atoms with Crippen LogP contribution < -0.4 is 10.6 Å².